The minimum absolute atomic E-state index is 0.289. The van der Waals surface area contributed by atoms with Crippen LogP contribution in [0.4, 0.5) is 5.82 Å². The minimum Gasteiger partial charge on any atom is -0.374 e. The summed E-state index contributed by atoms with van der Waals surface area (Å²) in [5.41, 5.74) is 0. The first-order valence-corrected chi connectivity index (χ1v) is 8.66. The lowest BCUT2D eigenvalue weighted by Crippen LogP contribution is -2.46. The summed E-state index contributed by atoms with van der Waals surface area (Å²) in [6, 6.07) is 2.07. The zero-order chi connectivity index (χ0) is 14.9. The van der Waals surface area contributed by atoms with Crippen molar-refractivity contribution in [1.29, 1.82) is 0 Å². The molecule has 0 unspecified atom stereocenters. The quantitative estimate of drug-likeness (QED) is 0.803. The van der Waals surface area contributed by atoms with E-state index in [0.29, 0.717) is 5.92 Å². The highest BCUT2D eigenvalue weighted by Crippen LogP contribution is 2.38. The first-order valence-electron chi connectivity index (χ1n) is 8.66. The number of nitrogens with zero attached hydrogens (tertiary/aromatic N) is 4. The van der Waals surface area contributed by atoms with Crippen molar-refractivity contribution in [3.8, 4) is 0 Å². The SMILES string of the molecule is CN1CCO[C@@H](CN(CC2CC2)c2ccnc(C3CC3)n2)C1. The van der Waals surface area contributed by atoms with E-state index >= 15 is 0 Å². The molecule has 1 saturated heterocycles. The number of anilines is 1. The van der Waals surface area contributed by atoms with Crippen LogP contribution < -0.4 is 4.90 Å². The Morgan fingerprint density at radius 1 is 1.27 bits per heavy atom. The molecule has 0 aromatic carbocycles. The van der Waals surface area contributed by atoms with Crippen molar-refractivity contribution >= 4 is 5.82 Å². The van der Waals surface area contributed by atoms with Gasteiger partial charge in [0.15, 0.2) is 0 Å². The molecule has 0 N–H and O–H groups in total. The second-order valence-corrected chi connectivity index (χ2v) is 7.15. The van der Waals surface area contributed by atoms with Crippen molar-refractivity contribution < 1.29 is 4.74 Å². The molecule has 2 heterocycles. The van der Waals surface area contributed by atoms with E-state index in [0.717, 1.165) is 50.3 Å². The molecule has 0 amide bonds. The normalized spacial score (nSPS) is 26.1. The van der Waals surface area contributed by atoms with Gasteiger partial charge in [0.2, 0.25) is 0 Å². The van der Waals surface area contributed by atoms with E-state index in [-0.39, 0.29) is 6.10 Å². The Kier molecular flexibility index (Phi) is 4.01. The van der Waals surface area contributed by atoms with Crippen molar-refractivity contribution in [3.63, 3.8) is 0 Å². The molecule has 1 atom stereocenters. The number of aromatic nitrogens is 2. The van der Waals surface area contributed by atoms with Gasteiger partial charge < -0.3 is 14.5 Å². The van der Waals surface area contributed by atoms with E-state index in [1.807, 2.05) is 6.20 Å². The molecule has 120 valence electrons. The maximum absolute atomic E-state index is 5.97. The van der Waals surface area contributed by atoms with Crippen LogP contribution in [0.15, 0.2) is 12.3 Å². The summed E-state index contributed by atoms with van der Waals surface area (Å²) in [6.07, 6.45) is 7.46. The molecule has 2 saturated carbocycles. The fourth-order valence-corrected chi connectivity index (χ4v) is 3.17. The number of morpholine rings is 1. The number of hydrogen-bond donors (Lipinski definition) is 0. The highest BCUT2D eigenvalue weighted by atomic mass is 16.5. The third kappa shape index (κ3) is 3.58. The van der Waals surface area contributed by atoms with E-state index in [4.69, 9.17) is 9.72 Å². The van der Waals surface area contributed by atoms with Gasteiger partial charge in [-0.2, -0.15) is 0 Å². The van der Waals surface area contributed by atoms with Crippen LogP contribution in [0.5, 0.6) is 0 Å². The average molecular weight is 302 g/mol. The lowest BCUT2D eigenvalue weighted by molar-refractivity contribution is -0.0149. The Morgan fingerprint density at radius 2 is 2.14 bits per heavy atom. The molecule has 0 radical (unpaired) electrons. The molecule has 0 bridgehead atoms. The maximum Gasteiger partial charge on any atom is 0.133 e. The maximum atomic E-state index is 5.97. The van der Waals surface area contributed by atoms with E-state index in [1.54, 1.807) is 0 Å². The largest absolute Gasteiger partial charge is 0.374 e. The van der Waals surface area contributed by atoms with Crippen LogP contribution in [0.3, 0.4) is 0 Å². The second kappa shape index (κ2) is 6.13. The van der Waals surface area contributed by atoms with Crippen LogP contribution in [0.1, 0.15) is 37.4 Å². The zero-order valence-corrected chi connectivity index (χ0v) is 13.4. The molecule has 0 spiro atoms. The van der Waals surface area contributed by atoms with Crippen LogP contribution in [0.25, 0.3) is 0 Å². The highest BCUT2D eigenvalue weighted by Gasteiger charge is 2.30. The van der Waals surface area contributed by atoms with E-state index < -0.39 is 0 Å². The lowest BCUT2D eigenvalue weighted by atomic mass is 10.2. The molecule has 5 heteroatoms. The van der Waals surface area contributed by atoms with Crippen LogP contribution in [0.2, 0.25) is 0 Å². The Morgan fingerprint density at radius 3 is 2.86 bits per heavy atom. The summed E-state index contributed by atoms with van der Waals surface area (Å²) >= 11 is 0. The first kappa shape index (κ1) is 14.4. The second-order valence-electron chi connectivity index (χ2n) is 7.15. The van der Waals surface area contributed by atoms with Crippen molar-refractivity contribution in [3.05, 3.63) is 18.1 Å². The standard InChI is InChI=1S/C17H26N4O/c1-20-8-9-22-15(11-20)12-21(10-13-2-3-13)16-6-7-18-17(19-16)14-4-5-14/h6-7,13-15H,2-5,8-12H2,1H3/t15-/m1/s1. The van der Waals surface area contributed by atoms with Crippen molar-refractivity contribution in [1.82, 2.24) is 14.9 Å². The molecule has 5 nitrogen and oxygen atoms in total. The molecule has 1 aromatic rings. The molecule has 4 rings (SSSR count). The smallest absolute Gasteiger partial charge is 0.133 e. The molecule has 3 fully saturated rings. The fraction of sp³-hybridized carbons (Fsp3) is 0.765. The first-order chi connectivity index (χ1) is 10.8. The Labute approximate surface area is 132 Å². The molecule has 3 aliphatic rings. The monoisotopic (exact) mass is 302 g/mol. The van der Waals surface area contributed by atoms with Gasteiger partial charge >= 0.3 is 0 Å². The van der Waals surface area contributed by atoms with Crippen molar-refractivity contribution in [2.24, 2.45) is 5.92 Å². The van der Waals surface area contributed by atoms with Gasteiger partial charge in [0.1, 0.15) is 11.6 Å². The molecule has 22 heavy (non-hydrogen) atoms. The van der Waals surface area contributed by atoms with Gasteiger partial charge in [0.25, 0.3) is 0 Å². The van der Waals surface area contributed by atoms with Gasteiger partial charge in [0, 0.05) is 38.3 Å². The molecular weight excluding hydrogens is 276 g/mol. The Balaban J connectivity index is 1.48. The van der Waals surface area contributed by atoms with Gasteiger partial charge in [-0.15, -0.1) is 0 Å². The highest BCUT2D eigenvalue weighted by molar-refractivity contribution is 5.39. The predicted molar refractivity (Wildman–Crippen MR) is 86.2 cm³/mol. The average Bonchev–Trinajstić information content (AvgIpc) is 3.40. The molecule has 1 aliphatic heterocycles. The number of likely N-dealkylation sites (N-methyl/N-ethyl adjacent to an activating group) is 1. The summed E-state index contributed by atoms with van der Waals surface area (Å²) < 4.78 is 5.97. The minimum atomic E-state index is 0.289. The fourth-order valence-electron chi connectivity index (χ4n) is 3.17. The lowest BCUT2D eigenvalue weighted by Gasteiger charge is -2.34. The summed E-state index contributed by atoms with van der Waals surface area (Å²) in [4.78, 5) is 14.1. The topological polar surface area (TPSA) is 41.5 Å². The zero-order valence-electron chi connectivity index (χ0n) is 13.4. The van der Waals surface area contributed by atoms with Crippen LogP contribution in [0, 0.1) is 5.92 Å². The Bertz CT molecular complexity index is 515. The number of rotatable bonds is 6. The van der Waals surface area contributed by atoms with Gasteiger partial charge in [-0.3, -0.25) is 0 Å². The summed E-state index contributed by atoms with van der Waals surface area (Å²) in [6.45, 7) is 4.96. The van der Waals surface area contributed by atoms with Crippen molar-refractivity contribution in [2.75, 3.05) is 44.7 Å². The summed E-state index contributed by atoms with van der Waals surface area (Å²) in [5, 5.41) is 0. The predicted octanol–water partition coefficient (Wildman–Crippen LogP) is 1.90. The molecule has 1 aromatic heterocycles. The van der Waals surface area contributed by atoms with E-state index in [9.17, 15) is 0 Å². The van der Waals surface area contributed by atoms with Crippen LogP contribution in [-0.2, 0) is 4.74 Å². The van der Waals surface area contributed by atoms with E-state index in [2.05, 4.69) is 27.9 Å². The van der Waals surface area contributed by atoms with E-state index in [1.165, 1.54) is 25.7 Å². The summed E-state index contributed by atoms with van der Waals surface area (Å²) in [5.74, 6) is 3.60. The number of hydrogen-bond acceptors (Lipinski definition) is 5. The van der Waals surface area contributed by atoms with Gasteiger partial charge in [-0.1, -0.05) is 0 Å². The third-order valence-electron chi connectivity index (χ3n) is 4.87. The molecular formula is C17H26N4O. The van der Waals surface area contributed by atoms with Crippen LogP contribution >= 0.6 is 0 Å². The van der Waals surface area contributed by atoms with Crippen molar-refractivity contribution in [2.45, 2.75) is 37.7 Å². The van der Waals surface area contributed by atoms with Gasteiger partial charge in [-0.25, -0.2) is 9.97 Å². The summed E-state index contributed by atoms with van der Waals surface area (Å²) in [7, 11) is 2.18. The van der Waals surface area contributed by atoms with Gasteiger partial charge in [0.05, 0.1) is 12.7 Å². The Hall–Kier alpha value is -1.20. The van der Waals surface area contributed by atoms with Crippen LogP contribution in [-0.4, -0.2) is 60.8 Å². The number of ether oxygens (including phenoxy) is 1. The molecule has 2 aliphatic carbocycles. The van der Waals surface area contributed by atoms with Gasteiger partial charge in [-0.05, 0) is 44.7 Å². The third-order valence-corrected chi connectivity index (χ3v) is 4.87.